The number of oxime groups is 1. The van der Waals surface area contributed by atoms with Gasteiger partial charge < -0.3 is 5.21 Å². The molecule has 0 aliphatic carbocycles. The number of rotatable bonds is 2. The Morgan fingerprint density at radius 1 is 0.955 bits per heavy atom. The SMILES string of the molecule is C[C@H]1/C(=N\O)C[C@@H](c2ccccc2)N(C)[C@H]1c1ccccc1. The fourth-order valence-electron chi connectivity index (χ4n) is 3.59. The number of likely N-dealkylation sites (tertiary alicyclic amines) is 1. The summed E-state index contributed by atoms with van der Waals surface area (Å²) in [5.74, 6) is 0.192. The summed E-state index contributed by atoms with van der Waals surface area (Å²) in [4.78, 5) is 2.41. The summed E-state index contributed by atoms with van der Waals surface area (Å²) in [7, 11) is 2.17. The van der Waals surface area contributed by atoms with Crippen LogP contribution in [0, 0.1) is 5.92 Å². The van der Waals surface area contributed by atoms with Crippen LogP contribution in [-0.4, -0.2) is 22.9 Å². The van der Waals surface area contributed by atoms with E-state index in [4.69, 9.17) is 0 Å². The lowest BCUT2D eigenvalue weighted by molar-refractivity contribution is 0.128. The predicted molar refractivity (Wildman–Crippen MR) is 89.1 cm³/mol. The molecule has 2 aromatic rings. The van der Waals surface area contributed by atoms with Gasteiger partial charge in [0.2, 0.25) is 0 Å². The molecule has 0 spiro atoms. The molecule has 3 atom stereocenters. The molecule has 22 heavy (non-hydrogen) atoms. The van der Waals surface area contributed by atoms with Gasteiger partial charge in [-0.2, -0.15) is 0 Å². The highest BCUT2D eigenvalue weighted by Crippen LogP contribution is 2.42. The molecular weight excluding hydrogens is 272 g/mol. The predicted octanol–water partition coefficient (Wildman–Crippen LogP) is 4.27. The van der Waals surface area contributed by atoms with Crippen LogP contribution in [0.1, 0.15) is 36.6 Å². The molecule has 0 amide bonds. The van der Waals surface area contributed by atoms with Gasteiger partial charge >= 0.3 is 0 Å². The Balaban J connectivity index is 2.01. The third kappa shape index (κ3) is 2.64. The maximum absolute atomic E-state index is 9.45. The minimum absolute atomic E-state index is 0.192. The Morgan fingerprint density at radius 3 is 2.05 bits per heavy atom. The lowest BCUT2D eigenvalue weighted by Crippen LogP contribution is -2.42. The van der Waals surface area contributed by atoms with Gasteiger partial charge in [0.25, 0.3) is 0 Å². The van der Waals surface area contributed by atoms with Gasteiger partial charge in [-0.15, -0.1) is 0 Å². The highest BCUT2D eigenvalue weighted by atomic mass is 16.4. The molecular formula is C19H22N2O. The van der Waals surface area contributed by atoms with Crippen molar-refractivity contribution in [3.8, 4) is 0 Å². The lowest BCUT2D eigenvalue weighted by atomic mass is 9.80. The van der Waals surface area contributed by atoms with E-state index in [1.54, 1.807) is 0 Å². The van der Waals surface area contributed by atoms with Gasteiger partial charge in [-0.05, 0) is 18.2 Å². The van der Waals surface area contributed by atoms with Crippen LogP contribution in [-0.2, 0) is 0 Å². The molecule has 0 bridgehead atoms. The van der Waals surface area contributed by atoms with Crippen molar-refractivity contribution in [3.63, 3.8) is 0 Å². The number of benzene rings is 2. The van der Waals surface area contributed by atoms with Crippen LogP contribution in [0.3, 0.4) is 0 Å². The molecule has 1 aliphatic rings. The summed E-state index contributed by atoms with van der Waals surface area (Å²) in [6, 6.07) is 21.4. The Morgan fingerprint density at radius 2 is 1.50 bits per heavy atom. The van der Waals surface area contributed by atoms with E-state index in [1.165, 1.54) is 11.1 Å². The van der Waals surface area contributed by atoms with E-state index in [0.29, 0.717) is 0 Å². The topological polar surface area (TPSA) is 35.8 Å². The zero-order chi connectivity index (χ0) is 15.5. The smallest absolute Gasteiger partial charge is 0.0636 e. The first-order valence-corrected chi connectivity index (χ1v) is 7.75. The second kappa shape index (κ2) is 6.32. The number of piperidine rings is 1. The van der Waals surface area contributed by atoms with Crippen molar-refractivity contribution in [2.24, 2.45) is 11.1 Å². The van der Waals surface area contributed by atoms with Crippen LogP contribution < -0.4 is 0 Å². The Hall–Kier alpha value is -2.13. The van der Waals surface area contributed by atoms with Gasteiger partial charge in [-0.3, -0.25) is 4.90 Å². The average Bonchev–Trinajstić information content (AvgIpc) is 2.57. The zero-order valence-electron chi connectivity index (χ0n) is 13.1. The monoisotopic (exact) mass is 294 g/mol. The van der Waals surface area contributed by atoms with E-state index in [1.807, 2.05) is 12.1 Å². The molecule has 1 heterocycles. The molecule has 1 saturated heterocycles. The van der Waals surface area contributed by atoms with Crippen molar-refractivity contribution in [1.82, 2.24) is 4.90 Å². The minimum atomic E-state index is 0.192. The second-order valence-corrected chi connectivity index (χ2v) is 6.03. The highest BCUT2D eigenvalue weighted by Gasteiger charge is 2.38. The summed E-state index contributed by atoms with van der Waals surface area (Å²) in [6.45, 7) is 2.14. The van der Waals surface area contributed by atoms with E-state index in [0.717, 1.165) is 12.1 Å². The quantitative estimate of drug-likeness (QED) is 0.663. The third-order valence-corrected chi connectivity index (χ3v) is 4.79. The molecule has 0 aromatic heterocycles. The van der Waals surface area contributed by atoms with Gasteiger partial charge in [0.1, 0.15) is 0 Å². The van der Waals surface area contributed by atoms with E-state index in [2.05, 4.69) is 72.6 Å². The third-order valence-electron chi connectivity index (χ3n) is 4.79. The average molecular weight is 294 g/mol. The van der Waals surface area contributed by atoms with Crippen LogP contribution in [0.4, 0.5) is 0 Å². The van der Waals surface area contributed by atoms with Crippen molar-refractivity contribution in [2.75, 3.05) is 7.05 Å². The van der Waals surface area contributed by atoms with Crippen LogP contribution in [0.2, 0.25) is 0 Å². The number of hydrogen-bond acceptors (Lipinski definition) is 3. The van der Waals surface area contributed by atoms with E-state index < -0.39 is 0 Å². The second-order valence-electron chi connectivity index (χ2n) is 6.03. The Bertz CT molecular complexity index is 639. The van der Waals surface area contributed by atoms with Crippen LogP contribution in [0.25, 0.3) is 0 Å². The van der Waals surface area contributed by atoms with Crippen LogP contribution >= 0.6 is 0 Å². The molecule has 1 N–H and O–H groups in total. The number of hydrogen-bond donors (Lipinski definition) is 1. The Labute approximate surface area is 131 Å². The van der Waals surface area contributed by atoms with Gasteiger partial charge in [-0.25, -0.2) is 0 Å². The van der Waals surface area contributed by atoms with Crippen molar-refractivity contribution in [2.45, 2.75) is 25.4 Å². The fraction of sp³-hybridized carbons (Fsp3) is 0.316. The maximum Gasteiger partial charge on any atom is 0.0636 e. The lowest BCUT2D eigenvalue weighted by Gasteiger charge is -2.44. The van der Waals surface area contributed by atoms with Crippen molar-refractivity contribution < 1.29 is 5.21 Å². The van der Waals surface area contributed by atoms with Gasteiger partial charge in [0.05, 0.1) is 5.71 Å². The summed E-state index contributed by atoms with van der Waals surface area (Å²) >= 11 is 0. The maximum atomic E-state index is 9.45. The van der Waals surface area contributed by atoms with Crippen molar-refractivity contribution >= 4 is 5.71 Å². The molecule has 0 unspecified atom stereocenters. The van der Waals surface area contributed by atoms with E-state index >= 15 is 0 Å². The normalized spacial score (nSPS) is 27.9. The highest BCUT2D eigenvalue weighted by molar-refractivity contribution is 5.88. The van der Waals surface area contributed by atoms with Gasteiger partial charge in [0, 0.05) is 24.4 Å². The van der Waals surface area contributed by atoms with Crippen molar-refractivity contribution in [3.05, 3.63) is 71.8 Å². The molecule has 3 rings (SSSR count). The van der Waals surface area contributed by atoms with Crippen LogP contribution in [0.5, 0.6) is 0 Å². The summed E-state index contributed by atoms with van der Waals surface area (Å²) < 4.78 is 0. The summed E-state index contributed by atoms with van der Waals surface area (Å²) in [5.41, 5.74) is 3.40. The molecule has 2 aromatic carbocycles. The first-order chi connectivity index (χ1) is 10.7. The molecule has 114 valence electrons. The van der Waals surface area contributed by atoms with Crippen LogP contribution in [0.15, 0.2) is 65.8 Å². The fourth-order valence-corrected chi connectivity index (χ4v) is 3.59. The molecule has 0 saturated carbocycles. The zero-order valence-corrected chi connectivity index (χ0v) is 13.1. The standard InChI is InChI=1S/C19H22N2O/c1-14-17(20-22)13-18(15-9-5-3-6-10-15)21(2)19(14)16-11-7-4-8-12-16/h3-12,14,18-19,22H,13H2,1-2H3/b20-17-/t14-,18-,19+/m0/s1. The van der Waals surface area contributed by atoms with E-state index in [-0.39, 0.29) is 18.0 Å². The van der Waals surface area contributed by atoms with Crippen molar-refractivity contribution in [1.29, 1.82) is 0 Å². The Kier molecular flexibility index (Phi) is 4.25. The van der Waals surface area contributed by atoms with Gasteiger partial charge in [-0.1, -0.05) is 72.7 Å². The van der Waals surface area contributed by atoms with E-state index in [9.17, 15) is 5.21 Å². The summed E-state index contributed by atoms with van der Waals surface area (Å²) in [6.07, 6.45) is 0.765. The largest absolute Gasteiger partial charge is 0.411 e. The molecule has 3 heteroatoms. The van der Waals surface area contributed by atoms with Gasteiger partial charge in [0.15, 0.2) is 0 Å². The molecule has 1 aliphatic heterocycles. The first kappa shape index (κ1) is 14.8. The number of nitrogens with zero attached hydrogens (tertiary/aromatic N) is 2. The molecule has 1 fully saturated rings. The molecule has 3 nitrogen and oxygen atoms in total. The first-order valence-electron chi connectivity index (χ1n) is 7.75. The molecule has 0 radical (unpaired) electrons. The summed E-state index contributed by atoms with van der Waals surface area (Å²) in [5, 5.41) is 13.1. The minimum Gasteiger partial charge on any atom is -0.411 e.